The van der Waals surface area contributed by atoms with E-state index in [-0.39, 0.29) is 51.1 Å². The van der Waals surface area contributed by atoms with Crippen LogP contribution in [0.25, 0.3) is 65.7 Å². The topological polar surface area (TPSA) is 13.1 Å². The summed E-state index contributed by atoms with van der Waals surface area (Å²) in [6.07, 6.45) is 0. The first-order valence-electron chi connectivity index (χ1n) is 16.3. The number of hydrogen-bond acceptors (Lipinski definition) is 1. The Morgan fingerprint density at radius 3 is 1.81 bits per heavy atom. The van der Waals surface area contributed by atoms with E-state index in [0.29, 0.717) is 38.8 Å². The fraction of sp³-hybridized carbons (Fsp3) is 0.111. The summed E-state index contributed by atoms with van der Waals surface area (Å²) in [4.78, 5) is 0. The third-order valence-electron chi connectivity index (χ3n) is 7.04. The second-order valence-electron chi connectivity index (χ2n) is 10.3. The van der Waals surface area contributed by atoms with Gasteiger partial charge in [0.2, 0.25) is 0 Å². The minimum Gasteiger partial charge on any atom is -0.456 e. The lowest BCUT2D eigenvalue weighted by molar-refractivity contribution is 0.573. The Bertz CT molecular complexity index is 2300. The minimum atomic E-state index is -0.424. The van der Waals surface area contributed by atoms with Gasteiger partial charge in [0, 0.05) is 16.3 Å². The summed E-state index contributed by atoms with van der Waals surface area (Å²) in [6.45, 7) is 6.31. The smallest absolute Gasteiger partial charge is 0.139 e. The van der Waals surface area contributed by atoms with Gasteiger partial charge in [-0.15, -0.1) is 0 Å². The Morgan fingerprint density at radius 1 is 0.595 bits per heavy atom. The largest absolute Gasteiger partial charge is 0.456 e. The maximum Gasteiger partial charge on any atom is 0.139 e. The van der Waals surface area contributed by atoms with Gasteiger partial charge in [-0.1, -0.05) is 130 Å². The van der Waals surface area contributed by atoms with Crippen molar-refractivity contribution in [3.8, 4) is 22.3 Å². The maximum atomic E-state index is 9.21. The predicted octanol–water partition coefficient (Wildman–Crippen LogP) is 10.5. The van der Waals surface area contributed by atoms with E-state index in [4.69, 9.17) is 12.6 Å². The summed E-state index contributed by atoms with van der Waals surface area (Å²) < 4.78 is 77.8. The highest BCUT2D eigenvalue weighted by Gasteiger charge is 2.23. The van der Waals surface area contributed by atoms with Crippen LogP contribution in [0.5, 0.6) is 0 Å². The van der Waals surface area contributed by atoms with Crippen molar-refractivity contribution in [2.24, 2.45) is 0 Å². The molecule has 0 aliphatic carbocycles. The van der Waals surface area contributed by atoms with E-state index in [2.05, 4.69) is 20.8 Å². The molecule has 0 N–H and O–H groups in total. The summed E-state index contributed by atoms with van der Waals surface area (Å²) in [7, 11) is 0. The zero-order valence-electron chi connectivity index (χ0n) is 28.8. The summed E-state index contributed by atoms with van der Waals surface area (Å²) in [5.41, 5.74) is 3.82. The molecular weight excluding hydrogens is 448 g/mol. The van der Waals surface area contributed by atoms with Crippen molar-refractivity contribution in [3.63, 3.8) is 0 Å². The maximum absolute atomic E-state index is 9.21. The number of rotatable bonds is 2. The molecule has 6 aromatic carbocycles. The van der Waals surface area contributed by atoms with Crippen LogP contribution < -0.4 is 0 Å². The van der Waals surface area contributed by atoms with E-state index < -0.39 is 24.2 Å². The molecule has 1 heteroatoms. The van der Waals surface area contributed by atoms with E-state index in [1.54, 1.807) is 30.3 Å². The molecule has 0 fully saturated rings. The molecular formula is C36H28O. The summed E-state index contributed by atoms with van der Waals surface area (Å²) >= 11 is 0. The summed E-state index contributed by atoms with van der Waals surface area (Å²) in [6, 6.07) is 17.6. The monoisotopic (exact) mass is 484 g/mol. The number of hydrogen-bond donors (Lipinski definition) is 0. The molecule has 0 amide bonds. The predicted molar refractivity (Wildman–Crippen MR) is 158 cm³/mol. The molecule has 0 aliphatic heterocycles. The Kier molecular flexibility index (Phi) is 3.28. The van der Waals surface area contributed by atoms with Crippen molar-refractivity contribution in [1.82, 2.24) is 0 Å². The van der Waals surface area contributed by atoms with E-state index >= 15 is 0 Å². The van der Waals surface area contributed by atoms with Gasteiger partial charge in [0.1, 0.15) is 11.2 Å². The highest BCUT2D eigenvalue weighted by atomic mass is 16.3. The van der Waals surface area contributed by atoms with Gasteiger partial charge in [0.15, 0.2) is 0 Å². The van der Waals surface area contributed by atoms with Crippen LogP contribution in [0, 0.1) is 0 Å². The first-order valence-corrected chi connectivity index (χ1v) is 12.3. The first kappa shape index (κ1) is 15.0. The SMILES string of the molecule is [2H]c1c([2H])c([2H])c2c(-c3cccc4oc5c(C(C)(C)C)cccc5c34)c3c([2H])c([2H])c([2H])c([2H])c3c(-c3ccccc3)c2c1[2H]. The number of fused-ring (bicyclic) bond motifs is 5. The third kappa shape index (κ3) is 3.31. The Morgan fingerprint density at radius 2 is 1.19 bits per heavy atom. The van der Waals surface area contributed by atoms with Gasteiger partial charge in [-0.3, -0.25) is 0 Å². The van der Waals surface area contributed by atoms with E-state index in [0.717, 1.165) is 10.9 Å². The average molecular weight is 485 g/mol. The average Bonchev–Trinajstić information content (AvgIpc) is 3.42. The van der Waals surface area contributed by atoms with Crippen molar-refractivity contribution < 1.29 is 15.4 Å². The third-order valence-corrected chi connectivity index (χ3v) is 7.04. The van der Waals surface area contributed by atoms with Gasteiger partial charge in [0.05, 0.1) is 11.0 Å². The molecule has 0 radical (unpaired) electrons. The Labute approximate surface area is 228 Å². The minimum absolute atomic E-state index is 0.186. The lowest BCUT2D eigenvalue weighted by Crippen LogP contribution is -2.10. The van der Waals surface area contributed by atoms with Gasteiger partial charge in [0.25, 0.3) is 0 Å². The van der Waals surface area contributed by atoms with Crippen LogP contribution in [-0.2, 0) is 5.41 Å². The van der Waals surface area contributed by atoms with E-state index in [1.165, 1.54) is 0 Å². The molecule has 0 saturated carbocycles. The highest BCUT2D eigenvalue weighted by Crippen LogP contribution is 2.47. The zero-order valence-corrected chi connectivity index (χ0v) is 20.8. The molecule has 0 aliphatic rings. The van der Waals surface area contributed by atoms with E-state index in [9.17, 15) is 2.74 Å². The number of benzene rings is 6. The molecule has 7 rings (SSSR count). The fourth-order valence-electron chi connectivity index (χ4n) is 5.43. The molecule has 1 heterocycles. The van der Waals surface area contributed by atoms with Crippen molar-refractivity contribution in [3.05, 3.63) is 121 Å². The molecule has 1 aromatic heterocycles. The molecule has 0 unspecified atom stereocenters. The van der Waals surface area contributed by atoms with Gasteiger partial charge in [-0.25, -0.2) is 0 Å². The molecule has 0 atom stereocenters. The highest BCUT2D eigenvalue weighted by molar-refractivity contribution is 6.25. The van der Waals surface area contributed by atoms with Crippen molar-refractivity contribution >= 4 is 43.5 Å². The second-order valence-corrected chi connectivity index (χ2v) is 10.3. The van der Waals surface area contributed by atoms with Crippen LogP contribution in [0.1, 0.15) is 37.3 Å². The van der Waals surface area contributed by atoms with E-state index in [1.807, 2.05) is 36.4 Å². The number of furan rings is 1. The summed E-state index contributed by atoms with van der Waals surface area (Å²) in [5.74, 6) is 0. The lowest BCUT2D eigenvalue weighted by atomic mass is 9.84. The van der Waals surface area contributed by atoms with Crippen LogP contribution in [0.2, 0.25) is 0 Å². The van der Waals surface area contributed by atoms with Gasteiger partial charge < -0.3 is 4.42 Å². The molecule has 1 nitrogen and oxygen atoms in total. The standard InChI is InChI=1S/C36H28O/c1-36(2,3)30-21-11-20-29-34-28(19-12-22-31(34)37-35(29)30)33-26-17-9-7-15-24(26)32(23-13-5-4-6-14-23)25-16-8-10-18-27(25)33/h4-22H,1-3H3/i7D,8D,9D,10D,15D,16D,17D,18D. The fourth-order valence-corrected chi connectivity index (χ4v) is 5.43. The molecule has 7 aromatic rings. The molecule has 0 saturated heterocycles. The first-order chi connectivity index (χ1) is 21.3. The van der Waals surface area contributed by atoms with Crippen molar-refractivity contribution in [2.75, 3.05) is 0 Å². The zero-order chi connectivity index (χ0) is 32.1. The van der Waals surface area contributed by atoms with Crippen LogP contribution >= 0.6 is 0 Å². The van der Waals surface area contributed by atoms with Crippen LogP contribution in [0.3, 0.4) is 0 Å². The molecule has 37 heavy (non-hydrogen) atoms. The van der Waals surface area contributed by atoms with Crippen LogP contribution in [0.4, 0.5) is 0 Å². The van der Waals surface area contributed by atoms with Crippen LogP contribution in [0.15, 0.2) is 119 Å². The lowest BCUT2D eigenvalue weighted by Gasteiger charge is -2.19. The quantitative estimate of drug-likeness (QED) is 0.222. The van der Waals surface area contributed by atoms with Gasteiger partial charge in [-0.05, 0) is 55.3 Å². The Hall–Kier alpha value is -4.36. The second kappa shape index (κ2) is 8.08. The molecule has 178 valence electrons. The normalized spacial score (nSPS) is 15.2. The molecule has 0 spiro atoms. The van der Waals surface area contributed by atoms with Crippen LogP contribution in [-0.4, -0.2) is 0 Å². The van der Waals surface area contributed by atoms with Crippen molar-refractivity contribution in [2.45, 2.75) is 26.2 Å². The Balaban J connectivity index is 1.84. The number of para-hydroxylation sites is 1. The van der Waals surface area contributed by atoms with Gasteiger partial charge in [-0.2, -0.15) is 0 Å². The van der Waals surface area contributed by atoms with Crippen molar-refractivity contribution in [1.29, 1.82) is 0 Å². The molecule has 0 bridgehead atoms. The summed E-state index contributed by atoms with van der Waals surface area (Å²) in [5, 5.41) is 2.27. The van der Waals surface area contributed by atoms with Gasteiger partial charge >= 0.3 is 0 Å².